The van der Waals surface area contributed by atoms with Gasteiger partial charge in [0, 0.05) is 18.6 Å². The van der Waals surface area contributed by atoms with Crippen LogP contribution in [0.1, 0.15) is 25.7 Å². The van der Waals surface area contributed by atoms with Crippen molar-refractivity contribution in [3.63, 3.8) is 0 Å². The highest BCUT2D eigenvalue weighted by Gasteiger charge is 2.21. The highest BCUT2D eigenvalue weighted by molar-refractivity contribution is 7.80. The third-order valence-electron chi connectivity index (χ3n) is 2.49. The molecule has 0 aliphatic rings. The number of nitrogens with two attached hydrogens (primary N) is 1. The van der Waals surface area contributed by atoms with Gasteiger partial charge in [0.1, 0.15) is 6.04 Å². The second kappa shape index (κ2) is 9.32. The van der Waals surface area contributed by atoms with Crippen molar-refractivity contribution in [3.8, 4) is 0 Å². The number of Topliss-reactive ketones (excluding diaryl/α,β-unsaturated/α-hetero) is 1. The molecule has 0 aliphatic heterocycles. The quantitative estimate of drug-likeness (QED) is 0.326. The zero-order valence-corrected chi connectivity index (χ0v) is 11.6. The number of carboxylic acids is 2. The number of carbonyl (C=O) groups is 4. The molecule has 0 spiro atoms. The minimum absolute atomic E-state index is 0.0369. The summed E-state index contributed by atoms with van der Waals surface area (Å²) in [4.78, 5) is 44.0. The summed E-state index contributed by atoms with van der Waals surface area (Å²) in [5.41, 5.74) is 5.24. The van der Waals surface area contributed by atoms with E-state index < -0.39 is 35.7 Å². The molecule has 5 N–H and O–H groups in total. The smallest absolute Gasteiger partial charge is 0.320 e. The molecule has 2 atom stereocenters. The van der Waals surface area contributed by atoms with Gasteiger partial charge in [-0.15, -0.1) is 0 Å². The van der Waals surface area contributed by atoms with Crippen LogP contribution in [-0.4, -0.2) is 51.7 Å². The molecule has 0 saturated carbocycles. The zero-order valence-electron chi connectivity index (χ0n) is 10.7. The molecule has 0 bridgehead atoms. The number of aliphatic carboxylic acids is 2. The summed E-state index contributed by atoms with van der Waals surface area (Å²) < 4.78 is 0. The molecular formula is C11H18N2O6S. The largest absolute Gasteiger partial charge is 0.481 e. The number of carbonyl (C=O) groups excluding carboxylic acids is 2. The fourth-order valence-corrected chi connectivity index (χ4v) is 1.60. The van der Waals surface area contributed by atoms with Gasteiger partial charge in [0.05, 0.1) is 12.5 Å². The van der Waals surface area contributed by atoms with Crippen molar-refractivity contribution in [3.05, 3.63) is 0 Å². The summed E-state index contributed by atoms with van der Waals surface area (Å²) in [5.74, 6) is -3.23. The van der Waals surface area contributed by atoms with Crippen molar-refractivity contribution in [2.45, 2.75) is 37.8 Å². The first-order valence-corrected chi connectivity index (χ1v) is 6.54. The average molecular weight is 306 g/mol. The number of amides is 1. The van der Waals surface area contributed by atoms with E-state index in [0.29, 0.717) is 0 Å². The van der Waals surface area contributed by atoms with Gasteiger partial charge in [0.15, 0.2) is 5.78 Å². The Labute approximate surface area is 121 Å². The fourth-order valence-electron chi connectivity index (χ4n) is 1.31. The molecule has 0 saturated heterocycles. The summed E-state index contributed by atoms with van der Waals surface area (Å²) >= 11 is 3.91. The van der Waals surface area contributed by atoms with E-state index in [4.69, 9.17) is 15.9 Å². The fraction of sp³-hybridized carbons (Fsp3) is 0.636. The van der Waals surface area contributed by atoms with Gasteiger partial charge in [0.2, 0.25) is 5.91 Å². The first-order chi connectivity index (χ1) is 9.27. The Morgan fingerprint density at radius 3 is 2.15 bits per heavy atom. The van der Waals surface area contributed by atoms with E-state index in [1.54, 1.807) is 0 Å². The van der Waals surface area contributed by atoms with Gasteiger partial charge in [-0.2, -0.15) is 12.6 Å². The topological polar surface area (TPSA) is 147 Å². The molecule has 0 heterocycles. The summed E-state index contributed by atoms with van der Waals surface area (Å²) in [6.07, 6.45) is -0.702. The number of ketones is 1. The van der Waals surface area contributed by atoms with E-state index in [1.807, 2.05) is 0 Å². The standard InChI is InChI=1S/C11H18N2O6S/c12-6(11(18)19)1-3-9(15)13-7(5-20)8(14)2-4-10(16)17/h6-7,20H,1-5,12H2,(H,13,15)(H,16,17)(H,18,19)/t6-,7+/m1/s1. The lowest BCUT2D eigenvalue weighted by Crippen LogP contribution is -2.43. The number of thiol groups is 1. The molecule has 20 heavy (non-hydrogen) atoms. The lowest BCUT2D eigenvalue weighted by Gasteiger charge is -2.15. The van der Waals surface area contributed by atoms with Crippen LogP contribution in [0.2, 0.25) is 0 Å². The van der Waals surface area contributed by atoms with Crippen LogP contribution in [0.5, 0.6) is 0 Å². The maximum absolute atomic E-state index is 11.6. The summed E-state index contributed by atoms with van der Waals surface area (Å²) in [6.45, 7) is 0. The number of hydrogen-bond acceptors (Lipinski definition) is 6. The van der Waals surface area contributed by atoms with E-state index in [1.165, 1.54) is 0 Å². The number of hydrogen-bond donors (Lipinski definition) is 5. The highest BCUT2D eigenvalue weighted by Crippen LogP contribution is 2.01. The van der Waals surface area contributed by atoms with Crippen LogP contribution in [-0.2, 0) is 19.2 Å². The van der Waals surface area contributed by atoms with E-state index in [9.17, 15) is 19.2 Å². The van der Waals surface area contributed by atoms with Crippen molar-refractivity contribution in [1.29, 1.82) is 0 Å². The van der Waals surface area contributed by atoms with Gasteiger partial charge in [-0.3, -0.25) is 19.2 Å². The molecule has 0 aromatic heterocycles. The first kappa shape index (κ1) is 18.4. The lowest BCUT2D eigenvalue weighted by atomic mass is 10.1. The van der Waals surface area contributed by atoms with Crippen molar-refractivity contribution in [1.82, 2.24) is 5.32 Å². The molecule has 114 valence electrons. The third kappa shape index (κ3) is 7.74. The Balaban J connectivity index is 4.21. The second-order valence-electron chi connectivity index (χ2n) is 4.15. The van der Waals surface area contributed by atoms with E-state index in [2.05, 4.69) is 17.9 Å². The lowest BCUT2D eigenvalue weighted by molar-refractivity contribution is -0.139. The summed E-state index contributed by atoms with van der Waals surface area (Å²) in [5, 5.41) is 19.4. The monoisotopic (exact) mass is 306 g/mol. The maximum Gasteiger partial charge on any atom is 0.320 e. The van der Waals surface area contributed by atoms with E-state index in [0.717, 1.165) is 0 Å². The van der Waals surface area contributed by atoms with Gasteiger partial charge in [-0.05, 0) is 6.42 Å². The van der Waals surface area contributed by atoms with Crippen molar-refractivity contribution in [2.75, 3.05) is 5.75 Å². The minimum atomic E-state index is -1.21. The molecule has 0 aromatic carbocycles. The van der Waals surface area contributed by atoms with Crippen molar-refractivity contribution < 1.29 is 29.4 Å². The van der Waals surface area contributed by atoms with Gasteiger partial charge in [-0.1, -0.05) is 0 Å². The third-order valence-corrected chi connectivity index (χ3v) is 2.86. The number of nitrogens with one attached hydrogen (secondary N) is 1. The minimum Gasteiger partial charge on any atom is -0.481 e. The van der Waals surface area contributed by atoms with Gasteiger partial charge in [-0.25, -0.2) is 0 Å². The Bertz CT molecular complexity index is 387. The van der Waals surface area contributed by atoms with Crippen LogP contribution in [0.25, 0.3) is 0 Å². The van der Waals surface area contributed by atoms with Crippen LogP contribution >= 0.6 is 12.6 Å². The molecule has 8 nitrogen and oxygen atoms in total. The average Bonchev–Trinajstić information content (AvgIpc) is 2.38. The predicted octanol–water partition coefficient (Wildman–Crippen LogP) is -0.973. The Kier molecular flexibility index (Phi) is 8.57. The van der Waals surface area contributed by atoms with Crippen molar-refractivity contribution >= 4 is 36.3 Å². The Morgan fingerprint density at radius 2 is 1.70 bits per heavy atom. The predicted molar refractivity (Wildman–Crippen MR) is 72.5 cm³/mol. The number of carboxylic acid groups (broad SMARTS) is 2. The first-order valence-electron chi connectivity index (χ1n) is 5.91. The Hall–Kier alpha value is -1.61. The number of rotatable bonds is 10. The van der Waals surface area contributed by atoms with Crippen LogP contribution in [0.4, 0.5) is 0 Å². The Morgan fingerprint density at radius 1 is 1.10 bits per heavy atom. The van der Waals surface area contributed by atoms with Gasteiger partial charge < -0.3 is 21.3 Å². The van der Waals surface area contributed by atoms with Crippen LogP contribution in [0.3, 0.4) is 0 Å². The molecule has 0 aliphatic carbocycles. The molecule has 0 unspecified atom stereocenters. The van der Waals surface area contributed by atoms with Crippen LogP contribution in [0, 0.1) is 0 Å². The molecule has 9 heteroatoms. The van der Waals surface area contributed by atoms with Gasteiger partial charge in [0.25, 0.3) is 0 Å². The van der Waals surface area contributed by atoms with E-state index in [-0.39, 0.29) is 31.4 Å². The molecule has 0 fully saturated rings. The SMILES string of the molecule is N[C@H](CCC(=O)N[C@@H](CS)C(=O)CCC(=O)O)C(=O)O. The van der Waals surface area contributed by atoms with Gasteiger partial charge >= 0.3 is 11.9 Å². The second-order valence-corrected chi connectivity index (χ2v) is 4.51. The molecule has 0 radical (unpaired) electrons. The molecule has 0 rings (SSSR count). The van der Waals surface area contributed by atoms with Crippen LogP contribution in [0.15, 0.2) is 0 Å². The summed E-state index contributed by atoms with van der Waals surface area (Å²) in [7, 11) is 0. The van der Waals surface area contributed by atoms with Crippen LogP contribution < -0.4 is 11.1 Å². The molecular weight excluding hydrogens is 288 g/mol. The normalized spacial score (nSPS) is 13.3. The van der Waals surface area contributed by atoms with Crippen molar-refractivity contribution in [2.24, 2.45) is 5.73 Å². The summed E-state index contributed by atoms with van der Waals surface area (Å²) in [6, 6.07) is -2.02. The molecule has 1 amide bonds. The molecule has 0 aromatic rings. The van der Waals surface area contributed by atoms with E-state index >= 15 is 0 Å². The zero-order chi connectivity index (χ0) is 15.7. The highest BCUT2D eigenvalue weighted by atomic mass is 32.1. The maximum atomic E-state index is 11.6.